The van der Waals surface area contributed by atoms with E-state index in [9.17, 15) is 15.4 Å². The first-order valence-corrected chi connectivity index (χ1v) is 8.42. The van der Waals surface area contributed by atoms with Crippen LogP contribution in [0.5, 0.6) is 0 Å². The molecule has 1 aromatic heterocycles. The lowest BCUT2D eigenvalue weighted by molar-refractivity contribution is -0.384. The first-order valence-electron chi connectivity index (χ1n) is 8.42. The molecular formula is C18H18N8O2. The van der Waals surface area contributed by atoms with Gasteiger partial charge in [-0.3, -0.25) is 10.1 Å². The highest BCUT2D eigenvalue weighted by Gasteiger charge is 2.35. The molecule has 0 spiro atoms. The molecule has 1 aliphatic rings. The number of hydrogen-bond acceptors (Lipinski definition) is 9. The fourth-order valence-electron chi connectivity index (χ4n) is 2.96. The van der Waals surface area contributed by atoms with E-state index < -0.39 is 4.92 Å². The van der Waals surface area contributed by atoms with Crippen LogP contribution in [0.3, 0.4) is 0 Å². The van der Waals surface area contributed by atoms with Crippen LogP contribution < -0.4 is 10.7 Å². The third kappa shape index (κ3) is 3.78. The van der Waals surface area contributed by atoms with E-state index >= 15 is 0 Å². The smallest absolute Gasteiger partial charge is 0.269 e. The van der Waals surface area contributed by atoms with Gasteiger partial charge in [0, 0.05) is 24.3 Å². The number of non-ortho nitro benzene ring substituents is 1. The molecule has 10 heteroatoms. The number of nitro benzene ring substituents is 1. The van der Waals surface area contributed by atoms with Crippen molar-refractivity contribution < 1.29 is 4.92 Å². The van der Waals surface area contributed by atoms with Crippen LogP contribution in [0.15, 0.2) is 29.4 Å². The fraction of sp³-hybridized carbons (Fsp3) is 0.278. The van der Waals surface area contributed by atoms with Crippen LogP contribution >= 0.6 is 0 Å². The van der Waals surface area contributed by atoms with Crippen LogP contribution in [0.1, 0.15) is 38.6 Å². The molecule has 0 fully saturated rings. The number of allylic oxidation sites excluding steroid dienone is 1. The summed E-state index contributed by atoms with van der Waals surface area (Å²) in [6.07, 6.45) is 2.28. The summed E-state index contributed by atoms with van der Waals surface area (Å²) >= 11 is 0. The average molecular weight is 378 g/mol. The van der Waals surface area contributed by atoms with Crippen LogP contribution in [0.4, 0.5) is 17.6 Å². The van der Waals surface area contributed by atoms with E-state index in [0.29, 0.717) is 5.56 Å². The number of benzene rings is 1. The predicted octanol–water partition coefficient (Wildman–Crippen LogP) is 2.79. The summed E-state index contributed by atoms with van der Waals surface area (Å²) in [7, 11) is 0. The van der Waals surface area contributed by atoms with Crippen molar-refractivity contribution in [3.63, 3.8) is 0 Å². The minimum absolute atomic E-state index is 0.0274. The number of nitro groups is 1. The molecule has 28 heavy (non-hydrogen) atoms. The van der Waals surface area contributed by atoms with Crippen molar-refractivity contribution >= 4 is 34.9 Å². The Hall–Kier alpha value is -3.87. The van der Waals surface area contributed by atoms with Crippen molar-refractivity contribution in [2.24, 2.45) is 5.10 Å². The van der Waals surface area contributed by atoms with Crippen LogP contribution in [0.25, 0.3) is 11.6 Å². The molecule has 142 valence electrons. The van der Waals surface area contributed by atoms with Crippen molar-refractivity contribution in [2.45, 2.75) is 32.7 Å². The Labute approximate surface area is 161 Å². The van der Waals surface area contributed by atoms with Crippen molar-refractivity contribution in [2.75, 3.05) is 10.7 Å². The molecule has 0 amide bonds. The Morgan fingerprint density at radius 2 is 2.00 bits per heavy atom. The van der Waals surface area contributed by atoms with E-state index in [1.54, 1.807) is 5.01 Å². The molecule has 0 atom stereocenters. The lowest BCUT2D eigenvalue weighted by Gasteiger charge is -2.28. The van der Waals surface area contributed by atoms with E-state index in [1.807, 2.05) is 26.8 Å². The maximum Gasteiger partial charge on any atom is 0.269 e. The molecule has 1 aromatic carbocycles. The van der Waals surface area contributed by atoms with Gasteiger partial charge in [0.05, 0.1) is 16.0 Å². The topological polar surface area (TPSA) is 147 Å². The first kappa shape index (κ1) is 18.9. The van der Waals surface area contributed by atoms with Crippen LogP contribution in [0, 0.1) is 21.4 Å². The van der Waals surface area contributed by atoms with Crippen molar-refractivity contribution in [3.8, 4) is 6.07 Å². The summed E-state index contributed by atoms with van der Waals surface area (Å²) in [5.41, 5.74) is 7.16. The Kier molecular flexibility index (Phi) is 4.75. The summed E-state index contributed by atoms with van der Waals surface area (Å²) in [5, 5.41) is 26.5. The Morgan fingerprint density at radius 3 is 2.54 bits per heavy atom. The van der Waals surface area contributed by atoms with Gasteiger partial charge in [-0.2, -0.15) is 25.3 Å². The third-order valence-corrected chi connectivity index (χ3v) is 4.14. The second-order valence-corrected chi connectivity index (χ2v) is 6.97. The predicted molar refractivity (Wildman–Crippen MR) is 105 cm³/mol. The number of nitriles is 1. The van der Waals surface area contributed by atoms with E-state index in [2.05, 4.69) is 20.1 Å². The summed E-state index contributed by atoms with van der Waals surface area (Å²) in [5.74, 6) is 0.341. The molecule has 0 saturated heterocycles. The molecule has 0 bridgehead atoms. The van der Waals surface area contributed by atoms with Crippen LogP contribution in [-0.2, 0) is 0 Å². The largest absolute Gasteiger partial charge is 0.368 e. The van der Waals surface area contributed by atoms with E-state index in [4.69, 9.17) is 5.73 Å². The number of hydrazone groups is 1. The van der Waals surface area contributed by atoms with Gasteiger partial charge in [-0.15, -0.1) is 0 Å². The zero-order valence-electron chi connectivity index (χ0n) is 15.6. The lowest BCUT2D eigenvalue weighted by Crippen LogP contribution is -2.37. The van der Waals surface area contributed by atoms with Gasteiger partial charge in [-0.05, 0) is 44.5 Å². The van der Waals surface area contributed by atoms with Gasteiger partial charge in [-0.25, -0.2) is 5.01 Å². The average Bonchev–Trinajstić information content (AvgIpc) is 2.91. The molecule has 10 nitrogen and oxygen atoms in total. The summed E-state index contributed by atoms with van der Waals surface area (Å²) < 4.78 is 0. The lowest BCUT2D eigenvalue weighted by atomic mass is 9.99. The molecule has 0 aliphatic carbocycles. The molecule has 0 unspecified atom stereocenters. The summed E-state index contributed by atoms with van der Waals surface area (Å²) in [4.78, 5) is 22.9. The second-order valence-electron chi connectivity index (χ2n) is 6.97. The number of aromatic nitrogens is 3. The Morgan fingerprint density at radius 1 is 1.32 bits per heavy atom. The van der Waals surface area contributed by atoms with Gasteiger partial charge in [0.25, 0.3) is 11.6 Å². The van der Waals surface area contributed by atoms with Crippen molar-refractivity contribution in [1.29, 1.82) is 5.26 Å². The zero-order chi connectivity index (χ0) is 20.5. The number of rotatable bonds is 4. The number of nitrogens with two attached hydrogens (primary N) is 1. The number of hydrogen-bond donors (Lipinski definition) is 1. The molecule has 2 heterocycles. The molecule has 2 N–H and O–H groups in total. The number of anilines is 2. The van der Waals surface area contributed by atoms with Gasteiger partial charge in [0.2, 0.25) is 5.95 Å². The second kappa shape index (κ2) is 7.03. The fourth-order valence-corrected chi connectivity index (χ4v) is 2.96. The minimum atomic E-state index is -0.488. The number of nitrogen functional groups attached to an aromatic ring is 1. The van der Waals surface area contributed by atoms with Crippen molar-refractivity contribution in [3.05, 3.63) is 45.8 Å². The van der Waals surface area contributed by atoms with Gasteiger partial charge in [0.1, 0.15) is 6.07 Å². The van der Waals surface area contributed by atoms with Crippen LogP contribution in [0.2, 0.25) is 0 Å². The normalized spacial score (nSPS) is 15.9. The van der Waals surface area contributed by atoms with Gasteiger partial charge >= 0.3 is 0 Å². The third-order valence-electron chi connectivity index (χ3n) is 4.14. The van der Waals surface area contributed by atoms with Crippen LogP contribution in [-0.4, -0.2) is 31.1 Å². The minimum Gasteiger partial charge on any atom is -0.368 e. The maximum absolute atomic E-state index is 10.8. The summed E-state index contributed by atoms with van der Waals surface area (Å²) in [6, 6.07) is 7.84. The Balaban J connectivity index is 2.01. The van der Waals surface area contributed by atoms with E-state index in [1.165, 1.54) is 30.3 Å². The monoisotopic (exact) mass is 378 g/mol. The molecule has 3 rings (SSSR count). The SMILES string of the molecule is CC1=NN(c2nc(N)nc(/C(C#N)=C\c3ccc([N+](=O)[O-])cc3)n2)C(C)(C)C1. The molecule has 0 radical (unpaired) electrons. The molecular weight excluding hydrogens is 360 g/mol. The van der Waals surface area contributed by atoms with Gasteiger partial charge in [0.15, 0.2) is 5.82 Å². The Bertz CT molecular complexity index is 1030. The van der Waals surface area contributed by atoms with Gasteiger partial charge < -0.3 is 5.73 Å². The highest BCUT2D eigenvalue weighted by Crippen LogP contribution is 2.31. The summed E-state index contributed by atoms with van der Waals surface area (Å²) in [6.45, 7) is 5.93. The quantitative estimate of drug-likeness (QED) is 0.485. The molecule has 0 saturated carbocycles. The highest BCUT2D eigenvalue weighted by molar-refractivity contribution is 5.88. The first-order chi connectivity index (χ1) is 13.2. The van der Waals surface area contributed by atoms with E-state index in [0.717, 1.165) is 12.1 Å². The maximum atomic E-state index is 10.8. The molecule has 2 aromatic rings. The highest BCUT2D eigenvalue weighted by atomic mass is 16.6. The number of nitrogens with zero attached hydrogens (tertiary/aromatic N) is 7. The standard InChI is InChI=1S/C18H18N8O2/c1-11-9-18(2,3)25(24-11)17-22-15(21-16(20)23-17)13(10-19)8-12-4-6-14(7-5-12)26(27)28/h4-8H,9H2,1-3H3,(H2,20,21,22,23)/b13-8-. The van der Waals surface area contributed by atoms with Gasteiger partial charge in [-0.1, -0.05) is 0 Å². The molecule has 1 aliphatic heterocycles. The van der Waals surface area contributed by atoms with Crippen molar-refractivity contribution in [1.82, 2.24) is 15.0 Å². The van der Waals surface area contributed by atoms with E-state index in [-0.39, 0.29) is 34.5 Å². The zero-order valence-corrected chi connectivity index (χ0v) is 15.6.